The van der Waals surface area contributed by atoms with Crippen LogP contribution >= 0.6 is 11.3 Å². The van der Waals surface area contributed by atoms with Gasteiger partial charge in [0.15, 0.2) is 5.82 Å². The Kier molecular flexibility index (Phi) is 3.45. The Bertz CT molecular complexity index is 858. The highest BCUT2D eigenvalue weighted by molar-refractivity contribution is 7.16. The predicted molar refractivity (Wildman–Crippen MR) is 87.7 cm³/mol. The SMILES string of the molecule is Cc1cc(NC(=O)[C@H]2CCCN2c2ncnc3sccc23)no1. The number of aromatic nitrogens is 3. The summed E-state index contributed by atoms with van der Waals surface area (Å²) >= 11 is 1.57. The number of rotatable bonds is 3. The van der Waals surface area contributed by atoms with Gasteiger partial charge >= 0.3 is 0 Å². The molecular formula is C15H15N5O2S. The van der Waals surface area contributed by atoms with E-state index in [2.05, 4.69) is 25.3 Å². The fraction of sp³-hybridized carbons (Fsp3) is 0.333. The second-order valence-electron chi connectivity index (χ2n) is 5.50. The molecule has 4 rings (SSSR count). The van der Waals surface area contributed by atoms with E-state index in [1.54, 1.807) is 30.7 Å². The number of hydrogen-bond donors (Lipinski definition) is 1. The van der Waals surface area contributed by atoms with Crippen molar-refractivity contribution in [2.24, 2.45) is 0 Å². The first-order valence-electron chi connectivity index (χ1n) is 7.41. The molecule has 0 radical (unpaired) electrons. The second kappa shape index (κ2) is 5.62. The fourth-order valence-corrected chi connectivity index (χ4v) is 3.66. The zero-order chi connectivity index (χ0) is 15.8. The summed E-state index contributed by atoms with van der Waals surface area (Å²) in [6.45, 7) is 2.59. The summed E-state index contributed by atoms with van der Waals surface area (Å²) in [6.07, 6.45) is 3.30. The maximum atomic E-state index is 12.6. The lowest BCUT2D eigenvalue weighted by Crippen LogP contribution is -2.40. The average molecular weight is 329 g/mol. The van der Waals surface area contributed by atoms with Crippen molar-refractivity contribution in [3.63, 3.8) is 0 Å². The maximum Gasteiger partial charge on any atom is 0.248 e. The smallest absolute Gasteiger partial charge is 0.248 e. The molecule has 1 saturated heterocycles. The molecule has 0 saturated carbocycles. The highest BCUT2D eigenvalue weighted by Crippen LogP contribution is 2.32. The lowest BCUT2D eigenvalue weighted by atomic mass is 10.2. The van der Waals surface area contributed by atoms with Crippen molar-refractivity contribution in [1.82, 2.24) is 15.1 Å². The molecular weight excluding hydrogens is 314 g/mol. The molecule has 3 aromatic rings. The van der Waals surface area contributed by atoms with E-state index in [-0.39, 0.29) is 11.9 Å². The summed E-state index contributed by atoms with van der Waals surface area (Å²) < 4.78 is 4.99. The van der Waals surface area contributed by atoms with Crippen LogP contribution < -0.4 is 10.2 Å². The minimum Gasteiger partial charge on any atom is -0.360 e. The summed E-state index contributed by atoms with van der Waals surface area (Å²) in [7, 11) is 0. The lowest BCUT2D eigenvalue weighted by molar-refractivity contribution is -0.117. The normalized spacial score (nSPS) is 17.8. The van der Waals surface area contributed by atoms with Crippen LogP contribution in [-0.2, 0) is 4.79 Å². The van der Waals surface area contributed by atoms with Gasteiger partial charge in [0.1, 0.15) is 28.8 Å². The zero-order valence-corrected chi connectivity index (χ0v) is 13.3. The highest BCUT2D eigenvalue weighted by atomic mass is 32.1. The molecule has 7 nitrogen and oxygen atoms in total. The van der Waals surface area contributed by atoms with Gasteiger partial charge < -0.3 is 14.7 Å². The van der Waals surface area contributed by atoms with Crippen molar-refractivity contribution >= 4 is 39.1 Å². The molecule has 1 aliphatic heterocycles. The molecule has 1 aliphatic rings. The minimum absolute atomic E-state index is 0.0854. The Morgan fingerprint density at radius 3 is 3.22 bits per heavy atom. The van der Waals surface area contributed by atoms with Crippen molar-refractivity contribution in [3.05, 3.63) is 29.6 Å². The third kappa shape index (κ3) is 2.55. The molecule has 8 heteroatoms. The van der Waals surface area contributed by atoms with Crippen LogP contribution in [-0.4, -0.2) is 33.6 Å². The number of fused-ring (bicyclic) bond motifs is 1. The van der Waals surface area contributed by atoms with Gasteiger partial charge in [-0.15, -0.1) is 11.3 Å². The van der Waals surface area contributed by atoms with Crippen molar-refractivity contribution in [2.45, 2.75) is 25.8 Å². The molecule has 118 valence electrons. The molecule has 4 heterocycles. The maximum absolute atomic E-state index is 12.6. The minimum atomic E-state index is -0.259. The quantitative estimate of drug-likeness (QED) is 0.795. The Morgan fingerprint density at radius 2 is 2.39 bits per heavy atom. The van der Waals surface area contributed by atoms with Gasteiger partial charge in [-0.2, -0.15) is 0 Å². The number of carbonyl (C=O) groups is 1. The number of carbonyl (C=O) groups excluding carboxylic acids is 1. The van der Waals surface area contributed by atoms with E-state index in [4.69, 9.17) is 4.52 Å². The van der Waals surface area contributed by atoms with Crippen LogP contribution in [0.4, 0.5) is 11.6 Å². The third-order valence-electron chi connectivity index (χ3n) is 3.95. The van der Waals surface area contributed by atoms with Crippen LogP contribution in [0.3, 0.4) is 0 Å². The number of amides is 1. The third-order valence-corrected chi connectivity index (χ3v) is 4.77. The van der Waals surface area contributed by atoms with Gasteiger partial charge in [-0.05, 0) is 31.2 Å². The van der Waals surface area contributed by atoms with Crippen molar-refractivity contribution in [3.8, 4) is 0 Å². The summed E-state index contributed by atoms with van der Waals surface area (Å²) in [5.74, 6) is 1.85. The van der Waals surface area contributed by atoms with E-state index in [1.165, 1.54) is 0 Å². The molecule has 1 N–H and O–H groups in total. The Morgan fingerprint density at radius 1 is 1.48 bits per heavy atom. The highest BCUT2D eigenvalue weighted by Gasteiger charge is 2.33. The molecule has 1 atom stereocenters. The number of aryl methyl sites for hydroxylation is 1. The molecule has 3 aromatic heterocycles. The first-order chi connectivity index (χ1) is 11.2. The van der Waals surface area contributed by atoms with Gasteiger partial charge in [0.2, 0.25) is 5.91 Å². The van der Waals surface area contributed by atoms with Crippen LogP contribution in [0.2, 0.25) is 0 Å². The molecule has 0 aliphatic carbocycles. The molecule has 0 unspecified atom stereocenters. The number of nitrogens with one attached hydrogen (secondary N) is 1. The van der Waals surface area contributed by atoms with Gasteiger partial charge in [0.25, 0.3) is 0 Å². The van der Waals surface area contributed by atoms with Crippen molar-refractivity contribution in [1.29, 1.82) is 0 Å². The summed E-state index contributed by atoms with van der Waals surface area (Å²) in [5.41, 5.74) is 0. The monoisotopic (exact) mass is 329 g/mol. The average Bonchev–Trinajstić information content (AvgIpc) is 3.26. The van der Waals surface area contributed by atoms with E-state index in [9.17, 15) is 4.79 Å². The molecule has 0 aromatic carbocycles. The first-order valence-corrected chi connectivity index (χ1v) is 8.29. The molecule has 1 amide bonds. The van der Waals surface area contributed by atoms with Crippen LogP contribution in [0.15, 0.2) is 28.4 Å². The van der Waals surface area contributed by atoms with Crippen LogP contribution in [0.1, 0.15) is 18.6 Å². The number of anilines is 2. The van der Waals surface area contributed by atoms with E-state index in [0.717, 1.165) is 35.4 Å². The van der Waals surface area contributed by atoms with E-state index >= 15 is 0 Å². The van der Waals surface area contributed by atoms with E-state index < -0.39 is 0 Å². The van der Waals surface area contributed by atoms with Gasteiger partial charge in [0.05, 0.1) is 5.39 Å². The van der Waals surface area contributed by atoms with Gasteiger partial charge in [-0.25, -0.2) is 9.97 Å². The van der Waals surface area contributed by atoms with Crippen molar-refractivity contribution < 1.29 is 9.32 Å². The van der Waals surface area contributed by atoms with Gasteiger partial charge in [0, 0.05) is 12.6 Å². The molecule has 0 spiro atoms. The number of nitrogens with zero attached hydrogens (tertiary/aromatic N) is 4. The molecule has 23 heavy (non-hydrogen) atoms. The Labute approximate surface area is 136 Å². The van der Waals surface area contributed by atoms with Crippen LogP contribution in [0, 0.1) is 6.92 Å². The summed E-state index contributed by atoms with van der Waals surface area (Å²) in [5, 5.41) is 9.62. The standard InChI is InChI=1S/C15H15N5O2S/c1-9-7-12(19-22-9)18-14(21)11-3-2-5-20(11)13-10-4-6-23-15(10)17-8-16-13/h4,6-8,11H,2-3,5H2,1H3,(H,18,19,21)/t11-/m1/s1. The molecule has 0 bridgehead atoms. The van der Waals surface area contributed by atoms with Gasteiger partial charge in [-0.1, -0.05) is 5.16 Å². The van der Waals surface area contributed by atoms with Gasteiger partial charge in [-0.3, -0.25) is 4.79 Å². The largest absolute Gasteiger partial charge is 0.360 e. The summed E-state index contributed by atoms with van der Waals surface area (Å²) in [6, 6.07) is 3.45. The van der Waals surface area contributed by atoms with E-state index in [0.29, 0.717) is 11.6 Å². The summed E-state index contributed by atoms with van der Waals surface area (Å²) in [4.78, 5) is 24.3. The van der Waals surface area contributed by atoms with Crippen molar-refractivity contribution in [2.75, 3.05) is 16.8 Å². The first kappa shape index (κ1) is 14.1. The van der Waals surface area contributed by atoms with Crippen LogP contribution in [0.25, 0.3) is 10.2 Å². The predicted octanol–water partition coefficient (Wildman–Crippen LogP) is 2.60. The number of hydrogen-bond acceptors (Lipinski definition) is 7. The topological polar surface area (TPSA) is 84.2 Å². The van der Waals surface area contributed by atoms with E-state index in [1.807, 2.05) is 11.4 Å². The Hall–Kier alpha value is -2.48. The molecule has 1 fully saturated rings. The number of thiophene rings is 1. The second-order valence-corrected chi connectivity index (χ2v) is 6.39. The zero-order valence-electron chi connectivity index (χ0n) is 12.5. The Balaban J connectivity index is 1.61. The lowest BCUT2D eigenvalue weighted by Gasteiger charge is -2.24. The fourth-order valence-electron chi connectivity index (χ4n) is 2.93. The van der Waals surface area contributed by atoms with Crippen LogP contribution in [0.5, 0.6) is 0 Å².